The van der Waals surface area contributed by atoms with E-state index in [1.165, 1.54) is 6.07 Å². The topological polar surface area (TPSA) is 49.6 Å². The number of pyridine rings is 1. The van der Waals surface area contributed by atoms with Crippen LogP contribution in [0.1, 0.15) is 51.8 Å². The van der Waals surface area contributed by atoms with Crippen LogP contribution in [0.25, 0.3) is 5.65 Å². The van der Waals surface area contributed by atoms with E-state index in [-0.39, 0.29) is 11.7 Å². The maximum atomic E-state index is 14.1. The summed E-state index contributed by atoms with van der Waals surface area (Å²) in [5.41, 5.74) is 6.76. The molecule has 1 amide bonds. The van der Waals surface area contributed by atoms with Crippen molar-refractivity contribution in [2.45, 2.75) is 47.6 Å². The molecule has 3 aromatic rings. The van der Waals surface area contributed by atoms with Gasteiger partial charge in [0.2, 0.25) is 0 Å². The summed E-state index contributed by atoms with van der Waals surface area (Å²) in [5.74, 6) is 0.446. The van der Waals surface area contributed by atoms with Crippen LogP contribution in [-0.2, 0) is 6.54 Å². The molecular formula is C24H29FN4O. The summed E-state index contributed by atoms with van der Waals surface area (Å²) in [6.45, 7) is 12.0. The van der Waals surface area contributed by atoms with Gasteiger partial charge in [-0.3, -0.25) is 4.79 Å². The second-order valence-corrected chi connectivity index (χ2v) is 8.42. The summed E-state index contributed by atoms with van der Waals surface area (Å²) in [6, 6.07) is 5.18. The van der Waals surface area contributed by atoms with Crippen LogP contribution in [0.4, 0.5) is 10.1 Å². The molecule has 1 saturated heterocycles. The van der Waals surface area contributed by atoms with Crippen LogP contribution in [0.5, 0.6) is 0 Å². The largest absolute Gasteiger partial charge is 0.378 e. The summed E-state index contributed by atoms with van der Waals surface area (Å²) in [4.78, 5) is 19.6. The number of fused-ring (bicyclic) bond motifs is 1. The van der Waals surface area contributed by atoms with Crippen LogP contribution in [0.2, 0.25) is 0 Å². The molecule has 0 atom stereocenters. The second kappa shape index (κ2) is 7.74. The second-order valence-electron chi connectivity index (χ2n) is 8.42. The van der Waals surface area contributed by atoms with Gasteiger partial charge in [0.25, 0.3) is 5.91 Å². The van der Waals surface area contributed by atoms with Gasteiger partial charge in [0.05, 0.1) is 16.9 Å². The third-order valence-corrected chi connectivity index (χ3v) is 6.49. The number of hydrogen-bond acceptors (Lipinski definition) is 3. The molecule has 0 aliphatic carbocycles. The molecule has 2 aromatic heterocycles. The number of carbonyl (C=O) groups excluding carboxylic acids is 1. The van der Waals surface area contributed by atoms with Gasteiger partial charge in [-0.15, -0.1) is 0 Å². The lowest BCUT2D eigenvalue weighted by Crippen LogP contribution is -2.49. The number of imidazole rings is 1. The molecule has 1 aliphatic heterocycles. The van der Waals surface area contributed by atoms with Crippen molar-refractivity contribution in [3.05, 3.63) is 63.9 Å². The van der Waals surface area contributed by atoms with Crippen LogP contribution in [-0.4, -0.2) is 33.3 Å². The standard InChI is InChI=1S/C24H29FN4O/c1-6-18-11-28(12-18)24(30)19-9-22(23-27-16(4)17(5)29(23)13-19)26-10-20-14(2)7-8-21(25)15(20)3/h7-9,13,18,26H,6,10-12H2,1-5H3. The Labute approximate surface area is 176 Å². The first kappa shape index (κ1) is 20.4. The van der Waals surface area contributed by atoms with Gasteiger partial charge in [0.1, 0.15) is 5.82 Å². The Morgan fingerprint density at radius 1 is 1.23 bits per heavy atom. The lowest BCUT2D eigenvalue weighted by Gasteiger charge is -2.39. The average molecular weight is 409 g/mol. The van der Waals surface area contributed by atoms with Crippen molar-refractivity contribution in [1.82, 2.24) is 14.3 Å². The normalized spacial score (nSPS) is 14.3. The number of amides is 1. The minimum absolute atomic E-state index is 0.0496. The smallest absolute Gasteiger partial charge is 0.255 e. The molecule has 0 spiro atoms. The van der Waals surface area contributed by atoms with E-state index >= 15 is 0 Å². The van der Waals surface area contributed by atoms with Gasteiger partial charge in [0.15, 0.2) is 5.65 Å². The van der Waals surface area contributed by atoms with Gasteiger partial charge in [-0.25, -0.2) is 9.37 Å². The fourth-order valence-electron chi connectivity index (χ4n) is 4.11. The van der Waals surface area contributed by atoms with Crippen molar-refractivity contribution in [3.8, 4) is 0 Å². The molecule has 1 aromatic carbocycles. The number of rotatable bonds is 5. The number of hydrogen-bond donors (Lipinski definition) is 1. The summed E-state index contributed by atoms with van der Waals surface area (Å²) < 4.78 is 16.0. The van der Waals surface area contributed by atoms with Crippen LogP contribution in [0.3, 0.4) is 0 Å². The molecular weight excluding hydrogens is 379 g/mol. The molecule has 1 aliphatic rings. The third-order valence-electron chi connectivity index (χ3n) is 6.49. The van der Waals surface area contributed by atoms with Crippen LogP contribution in [0, 0.1) is 39.4 Å². The predicted molar refractivity (Wildman–Crippen MR) is 118 cm³/mol. The SMILES string of the molecule is CCC1CN(C(=O)c2cc(NCc3c(C)ccc(F)c3C)c3nc(C)c(C)n3c2)C1. The van der Waals surface area contributed by atoms with Gasteiger partial charge in [-0.05, 0) is 68.9 Å². The Balaban J connectivity index is 1.69. The van der Waals surface area contributed by atoms with Crippen molar-refractivity contribution < 1.29 is 9.18 Å². The van der Waals surface area contributed by atoms with Gasteiger partial charge in [-0.1, -0.05) is 13.0 Å². The minimum Gasteiger partial charge on any atom is -0.378 e. The van der Waals surface area contributed by atoms with Crippen molar-refractivity contribution in [3.63, 3.8) is 0 Å². The Morgan fingerprint density at radius 2 is 1.97 bits per heavy atom. The zero-order chi connectivity index (χ0) is 21.6. The average Bonchev–Trinajstić information content (AvgIpc) is 2.98. The zero-order valence-electron chi connectivity index (χ0n) is 18.3. The number of halogens is 1. The summed E-state index contributed by atoms with van der Waals surface area (Å²) >= 11 is 0. The number of nitrogens with zero attached hydrogens (tertiary/aromatic N) is 3. The number of likely N-dealkylation sites (tertiary alicyclic amines) is 1. The molecule has 1 N–H and O–H groups in total. The molecule has 5 nitrogen and oxygen atoms in total. The first-order valence-corrected chi connectivity index (χ1v) is 10.6. The molecule has 3 heterocycles. The number of aryl methyl sites for hydroxylation is 3. The Morgan fingerprint density at radius 3 is 2.67 bits per heavy atom. The molecule has 0 radical (unpaired) electrons. The Hall–Kier alpha value is -2.89. The lowest BCUT2D eigenvalue weighted by atomic mass is 9.96. The van der Waals surface area contributed by atoms with E-state index in [1.807, 2.05) is 42.3 Å². The molecule has 158 valence electrons. The van der Waals surface area contributed by atoms with E-state index in [0.717, 1.165) is 53.4 Å². The van der Waals surface area contributed by atoms with Gasteiger partial charge < -0.3 is 14.6 Å². The first-order valence-electron chi connectivity index (χ1n) is 10.6. The highest BCUT2D eigenvalue weighted by atomic mass is 19.1. The molecule has 0 unspecified atom stereocenters. The van der Waals surface area contributed by atoms with E-state index < -0.39 is 0 Å². The predicted octanol–water partition coefficient (Wildman–Crippen LogP) is 4.80. The summed E-state index contributed by atoms with van der Waals surface area (Å²) in [6.07, 6.45) is 2.98. The van der Waals surface area contributed by atoms with Gasteiger partial charge in [0, 0.05) is 31.5 Å². The van der Waals surface area contributed by atoms with E-state index in [0.29, 0.717) is 23.6 Å². The van der Waals surface area contributed by atoms with Crippen LogP contribution in [0.15, 0.2) is 24.4 Å². The highest BCUT2D eigenvalue weighted by Gasteiger charge is 2.30. The van der Waals surface area contributed by atoms with Crippen LogP contribution < -0.4 is 5.32 Å². The summed E-state index contributed by atoms with van der Waals surface area (Å²) in [5, 5.41) is 3.42. The van der Waals surface area contributed by atoms with E-state index in [4.69, 9.17) is 4.98 Å². The Bertz CT molecular complexity index is 1130. The number of aromatic nitrogens is 2. The maximum absolute atomic E-state index is 14.1. The van der Waals surface area contributed by atoms with Crippen molar-refractivity contribution in [2.75, 3.05) is 18.4 Å². The highest BCUT2D eigenvalue weighted by molar-refractivity contribution is 5.96. The highest BCUT2D eigenvalue weighted by Crippen LogP contribution is 2.27. The number of anilines is 1. The molecule has 1 fully saturated rings. The van der Waals surface area contributed by atoms with E-state index in [1.54, 1.807) is 13.0 Å². The molecule has 0 saturated carbocycles. The number of carbonyl (C=O) groups is 1. The van der Waals surface area contributed by atoms with Crippen molar-refractivity contribution in [2.24, 2.45) is 5.92 Å². The minimum atomic E-state index is -0.206. The monoisotopic (exact) mass is 408 g/mol. The maximum Gasteiger partial charge on any atom is 0.255 e. The number of benzene rings is 1. The fraction of sp³-hybridized carbons (Fsp3) is 0.417. The number of nitrogens with one attached hydrogen (secondary N) is 1. The van der Waals surface area contributed by atoms with Crippen molar-refractivity contribution >= 4 is 17.2 Å². The molecule has 30 heavy (non-hydrogen) atoms. The fourth-order valence-corrected chi connectivity index (χ4v) is 4.11. The van der Waals surface area contributed by atoms with Crippen LogP contribution >= 0.6 is 0 Å². The first-order chi connectivity index (χ1) is 14.3. The molecule has 6 heteroatoms. The van der Waals surface area contributed by atoms with E-state index in [2.05, 4.69) is 12.2 Å². The lowest BCUT2D eigenvalue weighted by molar-refractivity contribution is 0.0494. The van der Waals surface area contributed by atoms with E-state index in [9.17, 15) is 9.18 Å². The molecule has 4 rings (SSSR count). The molecule has 0 bridgehead atoms. The van der Waals surface area contributed by atoms with Crippen molar-refractivity contribution in [1.29, 1.82) is 0 Å². The third kappa shape index (κ3) is 3.44. The summed E-state index contributed by atoms with van der Waals surface area (Å²) in [7, 11) is 0. The van der Waals surface area contributed by atoms with Gasteiger partial charge in [-0.2, -0.15) is 0 Å². The quantitative estimate of drug-likeness (QED) is 0.660. The van der Waals surface area contributed by atoms with Gasteiger partial charge >= 0.3 is 0 Å². The zero-order valence-corrected chi connectivity index (χ0v) is 18.3. The Kier molecular flexibility index (Phi) is 5.26.